The Morgan fingerprint density at radius 2 is 1.58 bits per heavy atom. The molecule has 0 aliphatic heterocycles. The van der Waals surface area contributed by atoms with E-state index in [0.717, 1.165) is 19.3 Å². The second-order valence-electron chi connectivity index (χ2n) is 7.42. The number of carboxylic acid groups (broad SMARTS) is 1. The summed E-state index contributed by atoms with van der Waals surface area (Å²) in [5.41, 5.74) is 0. The molecule has 0 aromatic carbocycles. The highest BCUT2D eigenvalue weighted by Gasteiger charge is 2.24. The minimum absolute atomic E-state index is 0.149. The lowest BCUT2D eigenvalue weighted by molar-refractivity contribution is -0.178. The summed E-state index contributed by atoms with van der Waals surface area (Å²) in [4.78, 5) is 34.5. The smallest absolute Gasteiger partial charge is 0.410 e. The third-order valence-corrected chi connectivity index (χ3v) is 4.30. The van der Waals surface area contributed by atoms with E-state index in [2.05, 4.69) is 12.2 Å². The van der Waals surface area contributed by atoms with Gasteiger partial charge in [0.05, 0.1) is 11.8 Å². The van der Waals surface area contributed by atoms with Gasteiger partial charge in [-0.25, -0.2) is 4.79 Å². The first-order chi connectivity index (χ1) is 12.1. The van der Waals surface area contributed by atoms with Crippen molar-refractivity contribution in [1.29, 1.82) is 0 Å². The molecule has 2 N–H and O–H groups in total. The van der Waals surface area contributed by atoms with E-state index in [1.807, 2.05) is 13.8 Å². The molecule has 0 saturated heterocycles. The quantitative estimate of drug-likeness (QED) is 0.398. The van der Waals surface area contributed by atoms with Gasteiger partial charge in [-0.3, -0.25) is 9.59 Å². The predicted octanol–water partition coefficient (Wildman–Crippen LogP) is 3.81. The van der Waals surface area contributed by atoms with Gasteiger partial charge in [0, 0.05) is 12.5 Å². The summed E-state index contributed by atoms with van der Waals surface area (Å²) in [5.74, 6) is -1.64. The SMILES string of the molecule is CCC(CCNC(=O)O[C@H](OC(=O)C(C)C)C(C)C)CC[C@H](C)C(=O)O. The number of amides is 1. The lowest BCUT2D eigenvalue weighted by Crippen LogP contribution is -2.36. The number of carbonyl (C=O) groups excluding carboxylic acids is 2. The summed E-state index contributed by atoms with van der Waals surface area (Å²) in [6, 6.07) is 0. The van der Waals surface area contributed by atoms with Crippen LogP contribution in [0.3, 0.4) is 0 Å². The maximum Gasteiger partial charge on any atom is 0.410 e. The Kier molecular flexibility index (Phi) is 11.7. The predicted molar refractivity (Wildman–Crippen MR) is 98.5 cm³/mol. The number of alkyl carbamates (subject to hydrolysis) is 1. The van der Waals surface area contributed by atoms with E-state index in [1.54, 1.807) is 20.8 Å². The number of rotatable bonds is 12. The third kappa shape index (κ3) is 10.3. The van der Waals surface area contributed by atoms with E-state index in [9.17, 15) is 14.4 Å². The number of carboxylic acids is 1. The lowest BCUT2D eigenvalue weighted by atomic mass is 9.92. The molecule has 1 amide bonds. The molecule has 0 bridgehead atoms. The molecule has 152 valence electrons. The molecule has 26 heavy (non-hydrogen) atoms. The van der Waals surface area contributed by atoms with E-state index < -0.39 is 24.3 Å². The first-order valence-electron chi connectivity index (χ1n) is 9.46. The van der Waals surface area contributed by atoms with Crippen LogP contribution in [0.25, 0.3) is 0 Å². The standard InChI is InChI=1S/C19H35NO6/c1-7-15(9-8-14(6)16(21)22)10-11-20-19(24)26-18(13(4)5)25-17(23)12(2)3/h12-15,18H,7-11H2,1-6H3,(H,20,24)(H,21,22)/t14-,15?,18-/m0/s1. The summed E-state index contributed by atoms with van der Waals surface area (Å²) in [7, 11) is 0. The highest BCUT2D eigenvalue weighted by molar-refractivity contribution is 5.72. The molecule has 0 heterocycles. The van der Waals surface area contributed by atoms with Crippen LogP contribution in [-0.4, -0.2) is 36.0 Å². The Hall–Kier alpha value is -1.79. The van der Waals surface area contributed by atoms with Crippen LogP contribution in [-0.2, 0) is 19.1 Å². The molecule has 7 heteroatoms. The highest BCUT2D eigenvalue weighted by atomic mass is 16.7. The van der Waals surface area contributed by atoms with Crippen molar-refractivity contribution in [2.45, 2.75) is 73.5 Å². The fourth-order valence-corrected chi connectivity index (χ4v) is 2.23. The first-order valence-corrected chi connectivity index (χ1v) is 9.46. The van der Waals surface area contributed by atoms with Crippen molar-refractivity contribution in [2.75, 3.05) is 6.54 Å². The van der Waals surface area contributed by atoms with Gasteiger partial charge in [0.25, 0.3) is 6.29 Å². The van der Waals surface area contributed by atoms with Gasteiger partial charge in [-0.2, -0.15) is 0 Å². The molecule has 0 rings (SSSR count). The summed E-state index contributed by atoms with van der Waals surface area (Å²) >= 11 is 0. The molecule has 0 spiro atoms. The molecule has 0 radical (unpaired) electrons. The average Bonchev–Trinajstić information content (AvgIpc) is 2.56. The van der Waals surface area contributed by atoms with Crippen LogP contribution in [0.4, 0.5) is 4.79 Å². The molecule has 1 unspecified atom stereocenters. The van der Waals surface area contributed by atoms with Crippen LogP contribution < -0.4 is 5.32 Å². The summed E-state index contributed by atoms with van der Waals surface area (Å²) in [5, 5.41) is 11.6. The largest absolute Gasteiger partial charge is 0.481 e. The average molecular weight is 373 g/mol. The summed E-state index contributed by atoms with van der Waals surface area (Å²) < 4.78 is 10.4. The van der Waals surface area contributed by atoms with Gasteiger partial charge in [-0.05, 0) is 25.2 Å². The van der Waals surface area contributed by atoms with Gasteiger partial charge in [-0.15, -0.1) is 0 Å². The molecule has 0 aromatic heterocycles. The van der Waals surface area contributed by atoms with E-state index in [4.69, 9.17) is 14.6 Å². The van der Waals surface area contributed by atoms with Crippen LogP contribution in [0.5, 0.6) is 0 Å². The molecule has 0 aliphatic rings. The van der Waals surface area contributed by atoms with Crippen molar-refractivity contribution < 1.29 is 29.0 Å². The normalized spacial score (nSPS) is 14.6. The second-order valence-corrected chi connectivity index (χ2v) is 7.42. The molecule has 0 aliphatic carbocycles. The van der Waals surface area contributed by atoms with Crippen molar-refractivity contribution in [1.82, 2.24) is 5.32 Å². The number of hydrogen-bond donors (Lipinski definition) is 2. The number of carbonyl (C=O) groups is 3. The molecule has 0 fully saturated rings. The van der Waals surface area contributed by atoms with Crippen molar-refractivity contribution in [2.24, 2.45) is 23.7 Å². The molecule has 0 saturated carbocycles. The van der Waals surface area contributed by atoms with Crippen LogP contribution in [0.1, 0.15) is 67.2 Å². The van der Waals surface area contributed by atoms with Crippen molar-refractivity contribution in [3.8, 4) is 0 Å². The number of aliphatic carboxylic acids is 1. The van der Waals surface area contributed by atoms with Gasteiger partial charge in [-0.1, -0.05) is 48.0 Å². The summed E-state index contributed by atoms with van der Waals surface area (Å²) in [6.07, 6.45) is 1.57. The zero-order chi connectivity index (χ0) is 20.3. The van der Waals surface area contributed by atoms with Crippen molar-refractivity contribution in [3.63, 3.8) is 0 Å². The van der Waals surface area contributed by atoms with E-state index in [0.29, 0.717) is 18.9 Å². The van der Waals surface area contributed by atoms with E-state index in [1.165, 1.54) is 0 Å². The van der Waals surface area contributed by atoms with Crippen LogP contribution in [0.2, 0.25) is 0 Å². The Balaban J connectivity index is 4.28. The molecule has 7 nitrogen and oxygen atoms in total. The fraction of sp³-hybridized carbons (Fsp3) is 0.842. The van der Waals surface area contributed by atoms with Gasteiger partial charge >= 0.3 is 18.0 Å². The number of ether oxygens (including phenoxy) is 2. The maximum absolute atomic E-state index is 11.9. The molecular formula is C19H35NO6. The first kappa shape index (κ1) is 24.2. The van der Waals surface area contributed by atoms with Gasteiger partial charge < -0.3 is 19.9 Å². The van der Waals surface area contributed by atoms with Crippen LogP contribution in [0.15, 0.2) is 0 Å². The number of esters is 1. The lowest BCUT2D eigenvalue weighted by Gasteiger charge is -2.23. The molecule has 3 atom stereocenters. The summed E-state index contributed by atoms with van der Waals surface area (Å²) in [6.45, 7) is 11.2. The highest BCUT2D eigenvalue weighted by Crippen LogP contribution is 2.19. The number of hydrogen-bond acceptors (Lipinski definition) is 5. The second kappa shape index (κ2) is 12.5. The van der Waals surface area contributed by atoms with Gasteiger partial charge in [0.15, 0.2) is 0 Å². The molecular weight excluding hydrogens is 338 g/mol. The number of nitrogens with one attached hydrogen (secondary N) is 1. The minimum atomic E-state index is -0.914. The zero-order valence-corrected chi connectivity index (χ0v) is 16.9. The topological polar surface area (TPSA) is 102 Å². The van der Waals surface area contributed by atoms with Gasteiger partial charge in [0.2, 0.25) is 0 Å². The minimum Gasteiger partial charge on any atom is -0.481 e. The fourth-order valence-electron chi connectivity index (χ4n) is 2.23. The zero-order valence-electron chi connectivity index (χ0n) is 16.9. The Morgan fingerprint density at radius 3 is 2.04 bits per heavy atom. The van der Waals surface area contributed by atoms with Crippen molar-refractivity contribution in [3.05, 3.63) is 0 Å². The molecule has 0 aromatic rings. The maximum atomic E-state index is 11.9. The van der Waals surface area contributed by atoms with Crippen molar-refractivity contribution >= 4 is 18.0 Å². The van der Waals surface area contributed by atoms with E-state index in [-0.39, 0.29) is 17.8 Å². The Labute approximate surface area is 156 Å². The Bertz CT molecular complexity index is 449. The monoisotopic (exact) mass is 373 g/mol. The van der Waals surface area contributed by atoms with E-state index >= 15 is 0 Å². The van der Waals surface area contributed by atoms with Crippen LogP contribution in [0, 0.1) is 23.7 Å². The van der Waals surface area contributed by atoms with Gasteiger partial charge in [0.1, 0.15) is 0 Å². The Morgan fingerprint density at radius 1 is 0.962 bits per heavy atom. The van der Waals surface area contributed by atoms with Crippen LogP contribution >= 0.6 is 0 Å². The third-order valence-electron chi connectivity index (χ3n) is 4.30.